The number of aromatic nitrogens is 2. The number of nitro benzene ring substituents is 1. The SMILES string of the molecule is Cc1nc2ccccc2n1CCNC(=O)c1ccc([N+](=O)[O-])cc1F. The van der Waals surface area contributed by atoms with E-state index in [-0.39, 0.29) is 12.1 Å². The van der Waals surface area contributed by atoms with E-state index in [9.17, 15) is 19.3 Å². The Hall–Kier alpha value is -3.29. The Labute approximate surface area is 142 Å². The second-order valence-corrected chi connectivity index (χ2v) is 5.48. The maximum Gasteiger partial charge on any atom is 0.272 e. The monoisotopic (exact) mass is 342 g/mol. The number of carbonyl (C=O) groups is 1. The molecule has 0 saturated heterocycles. The Kier molecular flexibility index (Phi) is 4.42. The smallest absolute Gasteiger partial charge is 0.272 e. The van der Waals surface area contributed by atoms with Crippen molar-refractivity contribution in [2.24, 2.45) is 0 Å². The molecule has 0 bridgehead atoms. The molecule has 0 saturated carbocycles. The minimum atomic E-state index is -0.920. The standard InChI is InChI=1S/C17H15FN4O3/c1-11-20-15-4-2-3-5-16(15)21(11)9-8-19-17(23)13-7-6-12(22(24)25)10-14(13)18/h2-7,10H,8-9H2,1H3,(H,19,23). The van der Waals surface area contributed by atoms with Crippen molar-refractivity contribution in [2.45, 2.75) is 13.5 Å². The molecule has 25 heavy (non-hydrogen) atoms. The van der Waals surface area contributed by atoms with Gasteiger partial charge in [-0.15, -0.1) is 0 Å². The fourth-order valence-electron chi connectivity index (χ4n) is 2.66. The zero-order valence-corrected chi connectivity index (χ0v) is 13.4. The van der Waals surface area contributed by atoms with Gasteiger partial charge < -0.3 is 9.88 Å². The normalized spacial score (nSPS) is 10.8. The van der Waals surface area contributed by atoms with Crippen molar-refractivity contribution in [2.75, 3.05) is 6.54 Å². The first kappa shape index (κ1) is 16.6. The third-order valence-corrected chi connectivity index (χ3v) is 3.87. The predicted molar refractivity (Wildman–Crippen MR) is 89.9 cm³/mol. The van der Waals surface area contributed by atoms with Gasteiger partial charge in [0.15, 0.2) is 0 Å². The summed E-state index contributed by atoms with van der Waals surface area (Å²) in [5.74, 6) is -0.720. The van der Waals surface area contributed by atoms with Gasteiger partial charge in [0.25, 0.3) is 11.6 Å². The summed E-state index contributed by atoms with van der Waals surface area (Å²) in [5, 5.41) is 13.2. The highest BCUT2D eigenvalue weighted by Crippen LogP contribution is 2.17. The molecule has 8 heteroatoms. The van der Waals surface area contributed by atoms with Crippen LogP contribution >= 0.6 is 0 Å². The lowest BCUT2D eigenvalue weighted by molar-refractivity contribution is -0.385. The van der Waals surface area contributed by atoms with Crippen LogP contribution < -0.4 is 5.32 Å². The number of hydrogen-bond acceptors (Lipinski definition) is 4. The molecule has 2 aromatic carbocycles. The number of fused-ring (bicyclic) bond motifs is 1. The number of nitro groups is 1. The number of nitrogens with one attached hydrogen (secondary N) is 1. The van der Waals surface area contributed by atoms with Crippen LogP contribution in [0.5, 0.6) is 0 Å². The van der Waals surface area contributed by atoms with Crippen LogP contribution in [-0.2, 0) is 6.54 Å². The summed E-state index contributed by atoms with van der Waals surface area (Å²) in [5.41, 5.74) is 1.20. The lowest BCUT2D eigenvalue weighted by Gasteiger charge is -2.09. The van der Waals surface area contributed by atoms with E-state index in [1.165, 1.54) is 0 Å². The predicted octanol–water partition coefficient (Wildman–Crippen LogP) is 2.82. The Balaban J connectivity index is 1.68. The largest absolute Gasteiger partial charge is 0.350 e. The maximum atomic E-state index is 13.9. The third-order valence-electron chi connectivity index (χ3n) is 3.87. The molecule has 0 fully saturated rings. The average molecular weight is 342 g/mol. The Morgan fingerprint density at radius 2 is 2.08 bits per heavy atom. The van der Waals surface area contributed by atoms with E-state index in [4.69, 9.17) is 0 Å². The lowest BCUT2D eigenvalue weighted by atomic mass is 10.2. The molecule has 1 N–H and O–H groups in total. The van der Waals surface area contributed by atoms with Crippen molar-refractivity contribution in [1.29, 1.82) is 0 Å². The van der Waals surface area contributed by atoms with E-state index in [1.807, 2.05) is 35.8 Å². The molecule has 7 nitrogen and oxygen atoms in total. The highest BCUT2D eigenvalue weighted by atomic mass is 19.1. The molecule has 0 atom stereocenters. The van der Waals surface area contributed by atoms with Gasteiger partial charge in [-0.2, -0.15) is 0 Å². The van der Waals surface area contributed by atoms with Gasteiger partial charge in [-0.25, -0.2) is 9.37 Å². The number of non-ortho nitro benzene ring substituents is 1. The number of halogens is 1. The molecule has 0 radical (unpaired) electrons. The number of imidazole rings is 1. The minimum absolute atomic E-state index is 0.224. The molecule has 3 aromatic rings. The molecule has 0 aliphatic rings. The number of amides is 1. The van der Waals surface area contributed by atoms with Crippen LogP contribution in [0.1, 0.15) is 16.2 Å². The van der Waals surface area contributed by atoms with Crippen molar-refractivity contribution in [1.82, 2.24) is 14.9 Å². The van der Waals surface area contributed by atoms with Gasteiger partial charge in [0.2, 0.25) is 0 Å². The molecule has 1 heterocycles. The molecule has 1 aromatic heterocycles. The Morgan fingerprint density at radius 1 is 1.32 bits per heavy atom. The van der Waals surface area contributed by atoms with Crippen LogP contribution in [0, 0.1) is 22.9 Å². The first-order chi connectivity index (χ1) is 12.0. The number of benzene rings is 2. The Morgan fingerprint density at radius 3 is 2.80 bits per heavy atom. The number of carbonyl (C=O) groups excluding carboxylic acids is 1. The van der Waals surface area contributed by atoms with Crippen LogP contribution in [0.3, 0.4) is 0 Å². The molecule has 128 valence electrons. The van der Waals surface area contributed by atoms with E-state index in [0.29, 0.717) is 6.54 Å². The number of aryl methyl sites for hydroxylation is 1. The summed E-state index contributed by atoms with van der Waals surface area (Å²) in [6.45, 7) is 2.63. The van der Waals surface area contributed by atoms with Gasteiger partial charge >= 0.3 is 0 Å². The van der Waals surface area contributed by atoms with Crippen molar-refractivity contribution in [3.8, 4) is 0 Å². The van der Waals surface area contributed by atoms with E-state index in [0.717, 1.165) is 35.1 Å². The summed E-state index contributed by atoms with van der Waals surface area (Å²) in [6, 6.07) is 10.6. The molecule has 1 amide bonds. The number of rotatable bonds is 5. The fourth-order valence-corrected chi connectivity index (χ4v) is 2.66. The number of para-hydroxylation sites is 2. The maximum absolute atomic E-state index is 13.9. The number of nitrogens with zero attached hydrogens (tertiary/aromatic N) is 3. The fraction of sp³-hybridized carbons (Fsp3) is 0.176. The van der Waals surface area contributed by atoms with Gasteiger partial charge in [-0.05, 0) is 25.1 Å². The van der Waals surface area contributed by atoms with Crippen LogP contribution in [0.25, 0.3) is 11.0 Å². The van der Waals surface area contributed by atoms with Gasteiger partial charge in [0.1, 0.15) is 11.6 Å². The highest BCUT2D eigenvalue weighted by Gasteiger charge is 2.16. The third kappa shape index (κ3) is 3.32. The molecule has 0 spiro atoms. The summed E-state index contributed by atoms with van der Waals surface area (Å²) in [7, 11) is 0. The van der Waals surface area contributed by atoms with E-state index in [1.54, 1.807) is 0 Å². The molecule has 0 aliphatic heterocycles. The highest BCUT2D eigenvalue weighted by molar-refractivity contribution is 5.94. The molecule has 0 unspecified atom stereocenters. The second kappa shape index (κ2) is 6.68. The van der Waals surface area contributed by atoms with Gasteiger partial charge in [-0.3, -0.25) is 14.9 Å². The van der Waals surface area contributed by atoms with Gasteiger partial charge in [0.05, 0.1) is 27.6 Å². The van der Waals surface area contributed by atoms with E-state index < -0.39 is 22.3 Å². The van der Waals surface area contributed by atoms with Crippen molar-refractivity contribution in [3.05, 3.63) is 69.8 Å². The second-order valence-electron chi connectivity index (χ2n) is 5.48. The van der Waals surface area contributed by atoms with E-state index >= 15 is 0 Å². The van der Waals surface area contributed by atoms with Crippen LogP contribution in [0.2, 0.25) is 0 Å². The summed E-state index contributed by atoms with van der Waals surface area (Å²) in [6.07, 6.45) is 0. The van der Waals surface area contributed by atoms with Crippen molar-refractivity contribution >= 4 is 22.6 Å². The lowest BCUT2D eigenvalue weighted by Crippen LogP contribution is -2.28. The summed E-state index contributed by atoms with van der Waals surface area (Å²) >= 11 is 0. The first-order valence-corrected chi connectivity index (χ1v) is 7.61. The topological polar surface area (TPSA) is 90.1 Å². The van der Waals surface area contributed by atoms with Crippen LogP contribution in [0.15, 0.2) is 42.5 Å². The van der Waals surface area contributed by atoms with Crippen molar-refractivity contribution < 1.29 is 14.1 Å². The summed E-state index contributed by atoms with van der Waals surface area (Å²) in [4.78, 5) is 26.4. The quantitative estimate of drug-likeness (QED) is 0.570. The molecular weight excluding hydrogens is 327 g/mol. The molecule has 0 aliphatic carbocycles. The number of hydrogen-bond donors (Lipinski definition) is 1. The van der Waals surface area contributed by atoms with Crippen LogP contribution in [0.4, 0.5) is 10.1 Å². The summed E-state index contributed by atoms with van der Waals surface area (Å²) < 4.78 is 15.8. The van der Waals surface area contributed by atoms with Crippen LogP contribution in [-0.4, -0.2) is 26.9 Å². The van der Waals surface area contributed by atoms with Gasteiger partial charge in [0, 0.05) is 19.2 Å². The van der Waals surface area contributed by atoms with E-state index in [2.05, 4.69) is 10.3 Å². The zero-order valence-electron chi connectivity index (χ0n) is 13.4. The molecular formula is C17H15FN4O3. The first-order valence-electron chi connectivity index (χ1n) is 7.61. The zero-order chi connectivity index (χ0) is 18.0. The average Bonchev–Trinajstić information content (AvgIpc) is 2.90. The Bertz CT molecular complexity index is 968. The minimum Gasteiger partial charge on any atom is -0.350 e. The van der Waals surface area contributed by atoms with Gasteiger partial charge in [-0.1, -0.05) is 12.1 Å². The molecule has 3 rings (SSSR count). The van der Waals surface area contributed by atoms with Crippen molar-refractivity contribution in [3.63, 3.8) is 0 Å².